The molecule has 24 heavy (non-hydrogen) atoms. The number of alkyl halides is 3. The summed E-state index contributed by atoms with van der Waals surface area (Å²) < 4.78 is 44.2. The smallest absolute Gasteiger partial charge is 0.489 e. The summed E-state index contributed by atoms with van der Waals surface area (Å²) in [6, 6.07) is 17.5. The lowest BCUT2D eigenvalue weighted by Crippen LogP contribution is -2.68. The van der Waals surface area contributed by atoms with Crippen LogP contribution in [0.2, 0.25) is 5.04 Å². The maximum atomic E-state index is 12.9. The van der Waals surface area contributed by atoms with Gasteiger partial charge in [0.2, 0.25) is 0 Å². The van der Waals surface area contributed by atoms with Crippen LogP contribution in [0.25, 0.3) is 0 Å². The van der Waals surface area contributed by atoms with Gasteiger partial charge in [0.15, 0.2) is 0 Å². The molecule has 2 aromatic carbocycles. The topological polar surface area (TPSA) is 26.3 Å². The van der Waals surface area contributed by atoms with E-state index in [9.17, 15) is 18.0 Å². The Morgan fingerprint density at radius 3 is 1.50 bits per heavy atom. The molecular weight excluding hydrogens is 333 g/mol. The van der Waals surface area contributed by atoms with E-state index in [4.69, 9.17) is 4.43 Å². The average Bonchev–Trinajstić information content (AvgIpc) is 2.52. The predicted molar refractivity (Wildman–Crippen MR) is 89.8 cm³/mol. The Labute approximate surface area is 140 Å². The van der Waals surface area contributed by atoms with Crippen LogP contribution in [0.3, 0.4) is 0 Å². The zero-order chi connectivity index (χ0) is 18.0. The Kier molecular flexibility index (Phi) is 4.89. The maximum absolute atomic E-state index is 12.9. The van der Waals surface area contributed by atoms with Gasteiger partial charge in [0.25, 0.3) is 0 Å². The molecule has 0 aliphatic rings. The molecule has 0 fully saturated rings. The van der Waals surface area contributed by atoms with Gasteiger partial charge in [-0.25, -0.2) is 4.79 Å². The van der Waals surface area contributed by atoms with Gasteiger partial charge >= 0.3 is 20.5 Å². The van der Waals surface area contributed by atoms with Crippen LogP contribution in [-0.2, 0) is 9.22 Å². The number of benzene rings is 2. The van der Waals surface area contributed by atoms with Gasteiger partial charge < -0.3 is 4.43 Å². The lowest BCUT2D eigenvalue weighted by molar-refractivity contribution is -0.190. The van der Waals surface area contributed by atoms with Gasteiger partial charge in [0, 0.05) is 0 Å². The van der Waals surface area contributed by atoms with Gasteiger partial charge in [0.05, 0.1) is 0 Å². The average molecular weight is 352 g/mol. The summed E-state index contributed by atoms with van der Waals surface area (Å²) in [6.07, 6.45) is -5.03. The van der Waals surface area contributed by atoms with E-state index < -0.39 is 25.5 Å². The second-order valence-electron chi connectivity index (χ2n) is 6.55. The zero-order valence-corrected chi connectivity index (χ0v) is 14.7. The van der Waals surface area contributed by atoms with E-state index in [0.717, 1.165) is 0 Å². The first-order chi connectivity index (χ1) is 11.1. The van der Waals surface area contributed by atoms with Crippen molar-refractivity contribution in [1.82, 2.24) is 0 Å². The molecule has 0 spiro atoms. The van der Waals surface area contributed by atoms with Crippen LogP contribution < -0.4 is 10.4 Å². The first kappa shape index (κ1) is 18.3. The van der Waals surface area contributed by atoms with E-state index in [2.05, 4.69) is 0 Å². The van der Waals surface area contributed by atoms with E-state index in [-0.39, 0.29) is 0 Å². The van der Waals surface area contributed by atoms with Gasteiger partial charge in [-0.15, -0.1) is 0 Å². The van der Waals surface area contributed by atoms with E-state index in [1.54, 1.807) is 60.7 Å². The van der Waals surface area contributed by atoms with Crippen molar-refractivity contribution in [3.8, 4) is 0 Å². The van der Waals surface area contributed by atoms with Crippen molar-refractivity contribution in [2.75, 3.05) is 0 Å². The lowest BCUT2D eigenvalue weighted by Gasteiger charge is -2.42. The van der Waals surface area contributed by atoms with Crippen LogP contribution >= 0.6 is 0 Å². The number of halogens is 3. The standard InChI is InChI=1S/C18H19F3O2Si/c1-17(2,3)24(14-10-6-4-7-11-14,15-12-8-5-9-13-15)23-16(22)18(19,20)21/h4-13H,1-3H3. The number of rotatable bonds is 3. The molecule has 0 saturated heterocycles. The van der Waals surface area contributed by atoms with Gasteiger partial charge in [-0.1, -0.05) is 81.4 Å². The van der Waals surface area contributed by atoms with Crippen LogP contribution in [0.5, 0.6) is 0 Å². The second-order valence-corrected chi connectivity index (χ2v) is 10.8. The Morgan fingerprint density at radius 1 is 0.833 bits per heavy atom. The molecule has 0 unspecified atom stereocenters. The van der Waals surface area contributed by atoms with Crippen LogP contribution in [0.15, 0.2) is 60.7 Å². The molecule has 0 heterocycles. The highest BCUT2D eigenvalue weighted by Gasteiger charge is 2.56. The minimum atomic E-state index is -5.03. The largest absolute Gasteiger partial charge is 0.503 e. The third-order valence-electron chi connectivity index (χ3n) is 3.89. The van der Waals surface area contributed by atoms with E-state index >= 15 is 0 Å². The van der Waals surface area contributed by atoms with Crippen molar-refractivity contribution < 1.29 is 22.4 Å². The molecule has 2 aromatic rings. The minimum absolute atomic E-state index is 0.626. The number of hydrogen-bond acceptors (Lipinski definition) is 2. The quantitative estimate of drug-likeness (QED) is 0.788. The van der Waals surface area contributed by atoms with Crippen molar-refractivity contribution in [1.29, 1.82) is 0 Å². The summed E-state index contributed by atoms with van der Waals surface area (Å²) in [6.45, 7) is 5.43. The molecule has 0 aromatic heterocycles. The molecule has 6 heteroatoms. The van der Waals surface area contributed by atoms with Crippen molar-refractivity contribution in [2.24, 2.45) is 0 Å². The van der Waals surface area contributed by atoms with Crippen LogP contribution in [-0.4, -0.2) is 20.5 Å². The van der Waals surface area contributed by atoms with Gasteiger partial charge in [-0.3, -0.25) is 0 Å². The van der Waals surface area contributed by atoms with Gasteiger partial charge in [-0.05, 0) is 15.4 Å². The van der Waals surface area contributed by atoms with Crippen molar-refractivity contribution >= 4 is 24.7 Å². The predicted octanol–water partition coefficient (Wildman–Crippen LogP) is 3.65. The fourth-order valence-corrected chi connectivity index (χ4v) is 7.17. The molecule has 0 radical (unpaired) electrons. The van der Waals surface area contributed by atoms with Crippen molar-refractivity contribution in [3.63, 3.8) is 0 Å². The first-order valence-corrected chi connectivity index (χ1v) is 9.41. The third kappa shape index (κ3) is 3.38. The van der Waals surface area contributed by atoms with Crippen molar-refractivity contribution in [2.45, 2.75) is 32.0 Å². The highest BCUT2D eigenvalue weighted by molar-refractivity contribution is 7.00. The maximum Gasteiger partial charge on any atom is 0.489 e. The van der Waals surface area contributed by atoms with Crippen molar-refractivity contribution in [3.05, 3.63) is 60.7 Å². The molecular formula is C18H19F3O2Si. The summed E-state index contributed by atoms with van der Waals surface area (Å²) in [7, 11) is -3.49. The molecule has 0 saturated carbocycles. The first-order valence-electron chi connectivity index (χ1n) is 7.50. The van der Waals surface area contributed by atoms with Gasteiger partial charge in [-0.2, -0.15) is 13.2 Å². The molecule has 0 atom stereocenters. The summed E-state index contributed by atoms with van der Waals surface area (Å²) in [5.41, 5.74) is 0. The number of carbonyl (C=O) groups excluding carboxylic acids is 1. The van der Waals surface area contributed by atoms with Crippen LogP contribution in [0.4, 0.5) is 13.2 Å². The van der Waals surface area contributed by atoms with E-state index in [1.807, 2.05) is 20.8 Å². The summed E-state index contributed by atoms with van der Waals surface area (Å²) in [5, 5.41) is 0.568. The SMILES string of the molecule is CC(C)(C)[Si](OC(=O)C(F)(F)F)(c1ccccc1)c1ccccc1. The monoisotopic (exact) mass is 352 g/mol. The molecule has 0 N–H and O–H groups in total. The summed E-state index contributed by atoms with van der Waals surface area (Å²) >= 11 is 0. The molecule has 2 rings (SSSR count). The highest BCUT2D eigenvalue weighted by atomic mass is 28.4. The highest BCUT2D eigenvalue weighted by Crippen LogP contribution is 2.38. The zero-order valence-electron chi connectivity index (χ0n) is 13.7. The molecule has 0 bridgehead atoms. The minimum Gasteiger partial charge on any atom is -0.503 e. The summed E-state index contributed by atoms with van der Waals surface area (Å²) in [4.78, 5) is 11.8. The van der Waals surface area contributed by atoms with Gasteiger partial charge in [0.1, 0.15) is 0 Å². The second kappa shape index (κ2) is 6.43. The Morgan fingerprint density at radius 2 is 1.21 bits per heavy atom. The lowest BCUT2D eigenvalue weighted by atomic mass is 10.2. The summed E-state index contributed by atoms with van der Waals surface area (Å²) in [5.74, 6) is -2.14. The van der Waals surface area contributed by atoms with E-state index in [1.165, 1.54) is 0 Å². The molecule has 0 aliphatic carbocycles. The molecule has 128 valence electrons. The molecule has 2 nitrogen and oxygen atoms in total. The molecule has 0 amide bonds. The van der Waals surface area contributed by atoms with Crippen LogP contribution in [0.1, 0.15) is 20.8 Å². The fraction of sp³-hybridized carbons (Fsp3) is 0.278. The van der Waals surface area contributed by atoms with E-state index in [0.29, 0.717) is 10.4 Å². The number of hydrogen-bond donors (Lipinski definition) is 0. The normalized spacial score (nSPS) is 12.8. The fourth-order valence-electron chi connectivity index (χ4n) is 2.85. The Hall–Kier alpha value is -2.08. The number of carbonyl (C=O) groups is 1. The third-order valence-corrected chi connectivity index (χ3v) is 8.79. The van der Waals surface area contributed by atoms with Crippen LogP contribution in [0, 0.1) is 0 Å². The Balaban J connectivity index is 2.73. The molecule has 0 aliphatic heterocycles. The Bertz CT molecular complexity index is 652.